The number of fused-ring (bicyclic) bond motifs is 1. The maximum atomic E-state index is 12.7. The summed E-state index contributed by atoms with van der Waals surface area (Å²) in [4.78, 5) is 29.1. The van der Waals surface area contributed by atoms with Crippen molar-refractivity contribution in [2.45, 2.75) is 13.5 Å². The Labute approximate surface area is 159 Å². The zero-order valence-electron chi connectivity index (χ0n) is 13.5. The molecular weight excluding hydrogens is 383 g/mol. The molecule has 0 spiro atoms. The highest BCUT2D eigenvalue weighted by Gasteiger charge is 2.29. The van der Waals surface area contributed by atoms with Crippen LogP contribution in [0.25, 0.3) is 0 Å². The molecule has 8 heteroatoms. The van der Waals surface area contributed by atoms with Crippen LogP contribution in [0.5, 0.6) is 5.75 Å². The first kappa shape index (κ1) is 18.0. The second-order valence-corrected chi connectivity index (χ2v) is 7.73. The lowest BCUT2D eigenvalue weighted by Crippen LogP contribution is -2.46. The van der Waals surface area contributed by atoms with E-state index in [-0.39, 0.29) is 25.0 Å². The Bertz CT molecular complexity index is 809. The summed E-state index contributed by atoms with van der Waals surface area (Å²) >= 11 is 13.4. The van der Waals surface area contributed by atoms with Crippen LogP contribution in [0.1, 0.15) is 11.8 Å². The van der Waals surface area contributed by atoms with Gasteiger partial charge < -0.3 is 9.64 Å². The molecule has 1 aliphatic heterocycles. The normalized spacial score (nSPS) is 13.4. The third kappa shape index (κ3) is 4.08. The standard InChI is InChI=1S/C17H16Cl2N2O3S/c1-2-20(8-12-4-6-15(19)25-12)16(22)9-21-13-7-11(18)3-5-14(13)24-10-17(21)23/h3-7H,2,8-10H2,1H3. The number of benzene rings is 1. The van der Waals surface area contributed by atoms with Crippen LogP contribution in [-0.4, -0.2) is 36.4 Å². The third-order valence-corrected chi connectivity index (χ3v) is 5.32. The minimum atomic E-state index is -0.265. The maximum absolute atomic E-state index is 12.7. The van der Waals surface area contributed by atoms with Crippen LogP contribution in [-0.2, 0) is 16.1 Å². The summed E-state index contributed by atoms with van der Waals surface area (Å²) in [7, 11) is 0. The fourth-order valence-corrected chi connectivity index (χ4v) is 3.85. The Morgan fingerprint density at radius 1 is 1.32 bits per heavy atom. The van der Waals surface area contributed by atoms with Crippen molar-refractivity contribution in [2.75, 3.05) is 24.6 Å². The maximum Gasteiger partial charge on any atom is 0.265 e. The molecule has 2 aromatic rings. The van der Waals surface area contributed by atoms with Gasteiger partial charge in [-0.05, 0) is 37.3 Å². The number of ether oxygens (including phenoxy) is 1. The van der Waals surface area contributed by atoms with Crippen LogP contribution in [0, 0.1) is 0 Å². The van der Waals surface area contributed by atoms with E-state index >= 15 is 0 Å². The van der Waals surface area contributed by atoms with Crippen LogP contribution >= 0.6 is 34.5 Å². The number of rotatable bonds is 5. The Morgan fingerprint density at radius 2 is 2.12 bits per heavy atom. The number of hydrogen-bond acceptors (Lipinski definition) is 4. The lowest BCUT2D eigenvalue weighted by molar-refractivity contribution is -0.132. The van der Waals surface area contributed by atoms with Crippen molar-refractivity contribution >= 4 is 52.0 Å². The molecule has 25 heavy (non-hydrogen) atoms. The number of carbonyl (C=O) groups excluding carboxylic acids is 2. The molecule has 0 unspecified atom stereocenters. The van der Waals surface area contributed by atoms with E-state index in [0.717, 1.165) is 4.88 Å². The van der Waals surface area contributed by atoms with Gasteiger partial charge >= 0.3 is 0 Å². The first-order valence-electron chi connectivity index (χ1n) is 7.72. The zero-order valence-corrected chi connectivity index (χ0v) is 15.8. The monoisotopic (exact) mass is 398 g/mol. The SMILES string of the molecule is CCN(Cc1ccc(Cl)s1)C(=O)CN1C(=O)COc2ccc(Cl)cc21. The number of carbonyl (C=O) groups is 2. The van der Waals surface area contributed by atoms with Crippen molar-refractivity contribution in [1.29, 1.82) is 0 Å². The van der Waals surface area contributed by atoms with Crippen molar-refractivity contribution in [2.24, 2.45) is 0 Å². The van der Waals surface area contributed by atoms with Crippen LogP contribution in [0.3, 0.4) is 0 Å². The number of thiophene rings is 1. The van der Waals surface area contributed by atoms with E-state index in [0.29, 0.717) is 33.9 Å². The average Bonchev–Trinajstić information content (AvgIpc) is 3.00. The highest BCUT2D eigenvalue weighted by atomic mass is 35.5. The summed E-state index contributed by atoms with van der Waals surface area (Å²) in [6, 6.07) is 8.74. The highest BCUT2D eigenvalue weighted by Crippen LogP contribution is 2.34. The van der Waals surface area contributed by atoms with Crippen molar-refractivity contribution in [3.8, 4) is 5.75 Å². The molecule has 2 heterocycles. The van der Waals surface area contributed by atoms with Gasteiger partial charge in [-0.3, -0.25) is 14.5 Å². The van der Waals surface area contributed by atoms with E-state index in [9.17, 15) is 9.59 Å². The van der Waals surface area contributed by atoms with Gasteiger partial charge in [-0.2, -0.15) is 0 Å². The molecule has 2 amide bonds. The first-order chi connectivity index (χ1) is 12.0. The summed E-state index contributed by atoms with van der Waals surface area (Å²) in [5.41, 5.74) is 0.521. The van der Waals surface area contributed by atoms with Crippen LogP contribution in [0.15, 0.2) is 30.3 Å². The summed E-state index contributed by atoms with van der Waals surface area (Å²) in [5.74, 6) is 0.136. The Balaban J connectivity index is 1.77. The molecule has 132 valence electrons. The largest absolute Gasteiger partial charge is 0.482 e. The van der Waals surface area contributed by atoms with Gasteiger partial charge in [0.1, 0.15) is 12.3 Å². The van der Waals surface area contributed by atoms with Gasteiger partial charge in [0.25, 0.3) is 5.91 Å². The smallest absolute Gasteiger partial charge is 0.265 e. The summed E-state index contributed by atoms with van der Waals surface area (Å²) in [6.07, 6.45) is 0. The molecule has 1 aromatic carbocycles. The Kier molecular flexibility index (Phi) is 5.51. The van der Waals surface area contributed by atoms with Crippen molar-refractivity contribution < 1.29 is 14.3 Å². The van der Waals surface area contributed by atoms with Gasteiger partial charge in [-0.15, -0.1) is 11.3 Å². The topological polar surface area (TPSA) is 49.9 Å². The van der Waals surface area contributed by atoms with E-state index in [1.807, 2.05) is 19.1 Å². The quantitative estimate of drug-likeness (QED) is 0.768. The number of anilines is 1. The number of nitrogens with zero attached hydrogens (tertiary/aromatic N) is 2. The number of likely N-dealkylation sites (N-methyl/N-ethyl adjacent to an activating group) is 1. The molecule has 0 saturated heterocycles. The minimum Gasteiger partial charge on any atom is -0.482 e. The highest BCUT2D eigenvalue weighted by molar-refractivity contribution is 7.16. The molecule has 0 bridgehead atoms. The van der Waals surface area contributed by atoms with E-state index in [1.54, 1.807) is 23.1 Å². The van der Waals surface area contributed by atoms with Crippen molar-refractivity contribution in [3.05, 3.63) is 44.6 Å². The predicted octanol–water partition coefficient (Wildman–Crippen LogP) is 3.83. The van der Waals surface area contributed by atoms with Gasteiger partial charge in [-0.25, -0.2) is 0 Å². The zero-order chi connectivity index (χ0) is 18.0. The fraction of sp³-hybridized carbons (Fsp3) is 0.294. The van der Waals surface area contributed by atoms with E-state index in [2.05, 4.69) is 0 Å². The number of amides is 2. The number of hydrogen-bond donors (Lipinski definition) is 0. The summed E-state index contributed by atoms with van der Waals surface area (Å²) in [5, 5.41) is 0.482. The Hall–Kier alpha value is -1.76. The summed E-state index contributed by atoms with van der Waals surface area (Å²) < 4.78 is 6.09. The molecule has 0 N–H and O–H groups in total. The summed E-state index contributed by atoms with van der Waals surface area (Å²) in [6.45, 7) is 2.76. The van der Waals surface area contributed by atoms with E-state index in [1.165, 1.54) is 16.2 Å². The molecule has 1 aliphatic rings. The van der Waals surface area contributed by atoms with E-state index < -0.39 is 0 Å². The van der Waals surface area contributed by atoms with Crippen LogP contribution < -0.4 is 9.64 Å². The number of halogens is 2. The minimum absolute atomic E-state index is 0.0531. The molecule has 0 atom stereocenters. The lowest BCUT2D eigenvalue weighted by Gasteiger charge is -2.31. The fourth-order valence-electron chi connectivity index (χ4n) is 2.59. The van der Waals surface area contributed by atoms with E-state index in [4.69, 9.17) is 27.9 Å². The third-order valence-electron chi connectivity index (χ3n) is 3.87. The van der Waals surface area contributed by atoms with Gasteiger partial charge in [0.05, 0.1) is 16.6 Å². The molecule has 0 fully saturated rings. The molecule has 1 aromatic heterocycles. The molecule has 5 nitrogen and oxygen atoms in total. The molecule has 0 radical (unpaired) electrons. The Morgan fingerprint density at radius 3 is 2.80 bits per heavy atom. The van der Waals surface area contributed by atoms with Crippen molar-refractivity contribution in [3.63, 3.8) is 0 Å². The second-order valence-electron chi connectivity index (χ2n) is 5.49. The first-order valence-corrected chi connectivity index (χ1v) is 9.30. The lowest BCUT2D eigenvalue weighted by atomic mass is 10.2. The second kappa shape index (κ2) is 7.64. The van der Waals surface area contributed by atoms with Crippen molar-refractivity contribution in [1.82, 2.24) is 4.90 Å². The van der Waals surface area contributed by atoms with Gasteiger partial charge in [0, 0.05) is 16.4 Å². The van der Waals surface area contributed by atoms with Crippen LogP contribution in [0.2, 0.25) is 9.36 Å². The van der Waals surface area contributed by atoms with Gasteiger partial charge in [-0.1, -0.05) is 23.2 Å². The van der Waals surface area contributed by atoms with Crippen LogP contribution in [0.4, 0.5) is 5.69 Å². The predicted molar refractivity (Wildman–Crippen MR) is 99.7 cm³/mol. The molecular formula is C17H16Cl2N2O3S. The average molecular weight is 399 g/mol. The van der Waals surface area contributed by atoms with Gasteiger partial charge in [0.15, 0.2) is 6.61 Å². The molecule has 0 saturated carbocycles. The van der Waals surface area contributed by atoms with Gasteiger partial charge in [0.2, 0.25) is 5.91 Å². The molecule has 3 rings (SSSR count). The molecule has 0 aliphatic carbocycles.